The first kappa shape index (κ1) is 11.1. The van der Waals surface area contributed by atoms with Gasteiger partial charge in [-0.2, -0.15) is 17.0 Å². The van der Waals surface area contributed by atoms with E-state index in [9.17, 15) is 0 Å². The maximum Gasteiger partial charge on any atom is 0.185 e. The minimum atomic E-state index is -1.54. The normalized spacial score (nSPS) is 25.5. The van der Waals surface area contributed by atoms with Gasteiger partial charge in [-0.15, -0.1) is 0 Å². The summed E-state index contributed by atoms with van der Waals surface area (Å²) >= 11 is 1.94. The Kier molecular flexibility index (Phi) is 3.83. The van der Waals surface area contributed by atoms with Crippen molar-refractivity contribution in [1.29, 1.82) is 5.26 Å². The van der Waals surface area contributed by atoms with Gasteiger partial charge in [-0.05, 0) is 37.6 Å². The molecule has 1 fully saturated rings. The molecule has 1 saturated heterocycles. The van der Waals surface area contributed by atoms with E-state index in [2.05, 4.69) is 25.7 Å². The molecule has 2 atom stereocenters. The highest BCUT2D eigenvalue weighted by Crippen LogP contribution is 2.28. The molecule has 0 aromatic rings. The molecule has 0 radical (unpaired) electrons. The molecule has 13 heavy (non-hydrogen) atoms. The molecule has 0 bridgehead atoms. The summed E-state index contributed by atoms with van der Waals surface area (Å²) in [5.74, 6) is 2.77. The summed E-state index contributed by atoms with van der Waals surface area (Å²) in [6, 6.07) is 2.30. The van der Waals surface area contributed by atoms with E-state index in [1.54, 1.807) is 0 Å². The van der Waals surface area contributed by atoms with E-state index in [0.29, 0.717) is 5.92 Å². The zero-order chi connectivity index (χ0) is 9.90. The van der Waals surface area contributed by atoms with Gasteiger partial charge in [-0.3, -0.25) is 0 Å². The van der Waals surface area contributed by atoms with Crippen molar-refractivity contribution in [2.75, 3.05) is 11.5 Å². The van der Waals surface area contributed by atoms with Crippen molar-refractivity contribution in [2.45, 2.75) is 32.2 Å². The van der Waals surface area contributed by atoms with Crippen LogP contribution in [-0.4, -0.2) is 25.9 Å². The highest BCUT2D eigenvalue weighted by molar-refractivity contribution is 7.99. The zero-order valence-electron chi connectivity index (χ0n) is 8.54. The molecule has 2 unspecified atom stereocenters. The summed E-state index contributed by atoms with van der Waals surface area (Å²) in [6.45, 7) is 6.41. The van der Waals surface area contributed by atoms with Crippen LogP contribution in [0.3, 0.4) is 0 Å². The Bertz CT molecular complexity index is 203. The molecule has 4 heteroatoms. The van der Waals surface area contributed by atoms with Gasteiger partial charge in [0.1, 0.15) is 6.10 Å². The quantitative estimate of drug-likeness (QED) is 0.678. The molecule has 0 amide bonds. The number of hydrogen-bond donors (Lipinski definition) is 0. The van der Waals surface area contributed by atoms with Gasteiger partial charge in [0.25, 0.3) is 0 Å². The second-order valence-corrected chi connectivity index (χ2v) is 10.0. The number of nitriles is 1. The third-order valence-corrected chi connectivity index (χ3v) is 4.15. The average Bonchev–Trinajstić information content (AvgIpc) is 2.50. The minimum Gasteiger partial charge on any atom is -0.402 e. The lowest BCUT2D eigenvalue weighted by molar-refractivity contribution is 0.191. The number of hydrogen-bond acceptors (Lipinski definition) is 3. The van der Waals surface area contributed by atoms with Crippen LogP contribution < -0.4 is 0 Å². The van der Waals surface area contributed by atoms with E-state index in [0.717, 1.165) is 12.2 Å². The number of nitrogens with zero attached hydrogens (tertiary/aromatic N) is 1. The van der Waals surface area contributed by atoms with Gasteiger partial charge >= 0.3 is 0 Å². The molecule has 1 rings (SSSR count). The van der Waals surface area contributed by atoms with E-state index in [1.165, 1.54) is 5.75 Å². The van der Waals surface area contributed by atoms with Crippen LogP contribution in [0.25, 0.3) is 0 Å². The highest BCUT2D eigenvalue weighted by atomic mass is 32.2. The molecule has 2 nitrogen and oxygen atoms in total. The molecule has 1 heterocycles. The Balaban J connectivity index is 2.48. The fourth-order valence-electron chi connectivity index (χ4n) is 1.40. The summed E-state index contributed by atoms with van der Waals surface area (Å²) in [5, 5.41) is 8.99. The Hall–Kier alpha value is 0.0169. The maximum atomic E-state index is 8.99. The van der Waals surface area contributed by atoms with Crippen molar-refractivity contribution in [3.8, 4) is 6.07 Å². The molecule has 1 aliphatic heterocycles. The summed E-state index contributed by atoms with van der Waals surface area (Å²) in [4.78, 5) is 0. The number of rotatable bonds is 3. The molecular formula is C9H17NOSSi. The van der Waals surface area contributed by atoms with E-state index in [4.69, 9.17) is 9.69 Å². The van der Waals surface area contributed by atoms with Crippen LogP contribution >= 0.6 is 11.8 Å². The molecule has 0 aliphatic carbocycles. The molecule has 0 N–H and O–H groups in total. The van der Waals surface area contributed by atoms with E-state index in [-0.39, 0.29) is 6.10 Å². The lowest BCUT2D eigenvalue weighted by Crippen LogP contribution is -2.35. The first-order chi connectivity index (χ1) is 6.03. The van der Waals surface area contributed by atoms with Crippen molar-refractivity contribution in [3.63, 3.8) is 0 Å². The largest absolute Gasteiger partial charge is 0.402 e. The lowest BCUT2D eigenvalue weighted by Gasteiger charge is -2.25. The Morgan fingerprint density at radius 1 is 1.54 bits per heavy atom. The van der Waals surface area contributed by atoms with Gasteiger partial charge in [-0.1, -0.05) is 0 Å². The van der Waals surface area contributed by atoms with Gasteiger partial charge in [0.15, 0.2) is 8.32 Å². The van der Waals surface area contributed by atoms with Gasteiger partial charge in [0, 0.05) is 5.92 Å². The SMILES string of the molecule is C[Si](C)(C)OC(C#N)C1CCSC1. The van der Waals surface area contributed by atoms with Crippen LogP contribution in [-0.2, 0) is 4.43 Å². The fraction of sp³-hybridized carbons (Fsp3) is 0.889. The summed E-state index contributed by atoms with van der Waals surface area (Å²) in [7, 11) is -1.54. The smallest absolute Gasteiger partial charge is 0.185 e. The Labute approximate surface area is 85.8 Å². The van der Waals surface area contributed by atoms with Gasteiger partial charge in [0.2, 0.25) is 0 Å². The van der Waals surface area contributed by atoms with Crippen molar-refractivity contribution in [1.82, 2.24) is 0 Å². The molecule has 1 aliphatic rings. The standard InChI is InChI=1S/C9H17NOSSi/c1-13(2,3)11-9(6-10)8-4-5-12-7-8/h8-9H,4-5,7H2,1-3H3. The lowest BCUT2D eigenvalue weighted by atomic mass is 10.0. The molecule has 74 valence electrons. The van der Waals surface area contributed by atoms with Crippen LogP contribution in [0.4, 0.5) is 0 Å². The average molecular weight is 215 g/mol. The van der Waals surface area contributed by atoms with Gasteiger partial charge in [0.05, 0.1) is 6.07 Å². The number of thioether (sulfide) groups is 1. The second kappa shape index (κ2) is 4.49. The van der Waals surface area contributed by atoms with Crippen LogP contribution in [0.5, 0.6) is 0 Å². The van der Waals surface area contributed by atoms with Crippen molar-refractivity contribution in [3.05, 3.63) is 0 Å². The third-order valence-electron chi connectivity index (χ3n) is 2.00. The third kappa shape index (κ3) is 3.71. The molecular weight excluding hydrogens is 198 g/mol. The second-order valence-electron chi connectivity index (χ2n) is 4.40. The molecule has 0 aromatic carbocycles. The predicted molar refractivity (Wildman–Crippen MR) is 59.3 cm³/mol. The van der Waals surface area contributed by atoms with Crippen LogP contribution in [0.15, 0.2) is 0 Å². The van der Waals surface area contributed by atoms with E-state index < -0.39 is 8.32 Å². The van der Waals surface area contributed by atoms with Crippen LogP contribution in [0, 0.1) is 17.2 Å². The van der Waals surface area contributed by atoms with E-state index in [1.807, 2.05) is 11.8 Å². The molecule has 0 aromatic heterocycles. The van der Waals surface area contributed by atoms with Crippen molar-refractivity contribution >= 4 is 20.1 Å². The monoisotopic (exact) mass is 215 g/mol. The fourth-order valence-corrected chi connectivity index (χ4v) is 3.69. The maximum absolute atomic E-state index is 8.99. The summed E-state index contributed by atoms with van der Waals surface area (Å²) in [5.41, 5.74) is 0. The predicted octanol–water partition coefficient (Wildman–Crippen LogP) is 2.48. The highest BCUT2D eigenvalue weighted by Gasteiger charge is 2.30. The first-order valence-corrected chi connectivity index (χ1v) is 9.24. The molecule has 0 spiro atoms. The van der Waals surface area contributed by atoms with Gasteiger partial charge < -0.3 is 4.43 Å². The molecule has 0 saturated carbocycles. The van der Waals surface area contributed by atoms with Crippen molar-refractivity contribution in [2.24, 2.45) is 5.92 Å². The van der Waals surface area contributed by atoms with Crippen LogP contribution in [0.2, 0.25) is 19.6 Å². The minimum absolute atomic E-state index is 0.151. The van der Waals surface area contributed by atoms with Crippen LogP contribution in [0.1, 0.15) is 6.42 Å². The zero-order valence-corrected chi connectivity index (χ0v) is 10.4. The summed E-state index contributed by atoms with van der Waals surface area (Å²) < 4.78 is 5.84. The summed E-state index contributed by atoms with van der Waals surface area (Å²) in [6.07, 6.45) is 0.995. The Morgan fingerprint density at radius 2 is 2.23 bits per heavy atom. The first-order valence-electron chi connectivity index (χ1n) is 4.68. The Morgan fingerprint density at radius 3 is 2.62 bits per heavy atom. The van der Waals surface area contributed by atoms with Gasteiger partial charge in [-0.25, -0.2) is 0 Å². The van der Waals surface area contributed by atoms with E-state index >= 15 is 0 Å². The van der Waals surface area contributed by atoms with Crippen molar-refractivity contribution < 1.29 is 4.43 Å². The topological polar surface area (TPSA) is 33.0 Å².